The zero-order chi connectivity index (χ0) is 33.8. The standard InChI is InChI=1S/C44H46N4O2/c1-21-13-22(2)18-43(17-21)45-31-11-9-25-5-7-27-15-29(39(47-43)37(31)33(25)27)35-41(49)36(42(35)50)30-16-28-8-6-26-10-12-32-38(34(26)28)40(30)48-44(46-32)19-23(3)14-24(4)20-44/h9-12,15-16,21-24,45-47,49H,5-8,13-14,17-20H2,1-4H3. The first kappa shape index (κ1) is 29.4. The third-order valence-corrected chi connectivity index (χ3v) is 13.5. The van der Waals surface area contributed by atoms with E-state index in [9.17, 15) is 9.90 Å². The molecule has 4 unspecified atom stereocenters. The molecule has 254 valence electrons. The van der Waals surface area contributed by atoms with Crippen molar-refractivity contribution in [2.45, 2.75) is 103 Å². The molecule has 50 heavy (non-hydrogen) atoms. The summed E-state index contributed by atoms with van der Waals surface area (Å²) in [6.45, 7) is 9.38. The molecule has 2 heterocycles. The summed E-state index contributed by atoms with van der Waals surface area (Å²) < 4.78 is 0. The number of hydrogen-bond acceptors (Lipinski definition) is 6. The summed E-state index contributed by atoms with van der Waals surface area (Å²) >= 11 is 0. The van der Waals surface area contributed by atoms with Gasteiger partial charge in [-0.3, -0.25) is 9.79 Å². The maximum atomic E-state index is 14.8. The predicted octanol–water partition coefficient (Wildman–Crippen LogP) is 8.08. The van der Waals surface area contributed by atoms with E-state index in [2.05, 4.69) is 80.0 Å². The Bertz CT molecular complexity index is 2420. The van der Waals surface area contributed by atoms with Crippen LogP contribution in [-0.4, -0.2) is 22.2 Å². The lowest BCUT2D eigenvalue weighted by Gasteiger charge is -2.48. The van der Waals surface area contributed by atoms with Crippen LogP contribution in [0.25, 0.3) is 32.7 Å². The second kappa shape index (κ2) is 9.71. The number of nitrogens with zero attached hydrogens (tertiary/aromatic N) is 1. The molecule has 6 heteroatoms. The maximum Gasteiger partial charge on any atom is 0.201 e. The summed E-state index contributed by atoms with van der Waals surface area (Å²) in [5.41, 5.74) is 9.63. The zero-order valence-corrected chi connectivity index (χ0v) is 29.6. The van der Waals surface area contributed by atoms with Crippen molar-refractivity contribution in [2.24, 2.45) is 28.7 Å². The van der Waals surface area contributed by atoms with E-state index < -0.39 is 5.66 Å². The summed E-state index contributed by atoms with van der Waals surface area (Å²) in [6, 6.07) is 13.5. The van der Waals surface area contributed by atoms with Crippen LogP contribution in [0.5, 0.6) is 0 Å². The van der Waals surface area contributed by atoms with Gasteiger partial charge in [0.25, 0.3) is 0 Å². The maximum absolute atomic E-state index is 14.8. The highest BCUT2D eigenvalue weighted by molar-refractivity contribution is 6.52. The molecule has 0 aromatic heterocycles. The van der Waals surface area contributed by atoms with Gasteiger partial charge in [0.15, 0.2) is 0 Å². The third-order valence-electron chi connectivity index (χ3n) is 13.5. The lowest BCUT2D eigenvalue weighted by Crippen LogP contribution is -2.53. The third kappa shape index (κ3) is 3.85. The van der Waals surface area contributed by atoms with Gasteiger partial charge in [0.2, 0.25) is 5.78 Å². The summed E-state index contributed by atoms with van der Waals surface area (Å²) in [5.74, 6) is 2.32. The highest BCUT2D eigenvalue weighted by Gasteiger charge is 2.46. The van der Waals surface area contributed by atoms with Gasteiger partial charge in [-0.2, -0.15) is 0 Å². The van der Waals surface area contributed by atoms with Crippen molar-refractivity contribution < 1.29 is 9.90 Å². The second-order valence-corrected chi connectivity index (χ2v) is 17.7. The van der Waals surface area contributed by atoms with Crippen LogP contribution < -0.4 is 26.5 Å². The normalized spacial score (nSPS) is 32.7. The Labute approximate surface area is 293 Å². The van der Waals surface area contributed by atoms with Crippen LogP contribution in [0.15, 0.2) is 47.1 Å². The summed E-state index contributed by atoms with van der Waals surface area (Å²) in [5, 5.41) is 30.8. The summed E-state index contributed by atoms with van der Waals surface area (Å²) in [6.07, 6.45) is 10.3. The van der Waals surface area contributed by atoms with Gasteiger partial charge >= 0.3 is 0 Å². The molecule has 7 aliphatic rings. The number of aliphatic hydroxyl groups is 1. The second-order valence-electron chi connectivity index (χ2n) is 17.7. The average molecular weight is 663 g/mol. The molecule has 2 fully saturated rings. The Morgan fingerprint density at radius 1 is 0.660 bits per heavy atom. The minimum atomic E-state index is -0.404. The Kier molecular flexibility index (Phi) is 5.71. The zero-order valence-electron chi connectivity index (χ0n) is 29.6. The number of carbonyl (C=O) groups excluding carboxylic acids is 1. The van der Waals surface area contributed by atoms with Crippen molar-refractivity contribution in [3.63, 3.8) is 0 Å². The Morgan fingerprint density at radius 2 is 1.24 bits per heavy atom. The predicted molar refractivity (Wildman–Crippen MR) is 202 cm³/mol. The molecule has 11 rings (SSSR count). The Balaban J connectivity index is 1.16. The number of anilines is 3. The van der Waals surface area contributed by atoms with Crippen molar-refractivity contribution in [2.75, 3.05) is 16.0 Å². The smallest absolute Gasteiger partial charge is 0.201 e. The number of benzene rings is 4. The van der Waals surface area contributed by atoms with Crippen molar-refractivity contribution in [3.05, 3.63) is 80.6 Å². The molecular formula is C44H46N4O2. The van der Waals surface area contributed by atoms with Gasteiger partial charge in [0.1, 0.15) is 17.1 Å². The van der Waals surface area contributed by atoms with Crippen LogP contribution in [0.4, 0.5) is 17.1 Å². The minimum Gasteiger partial charge on any atom is -0.506 e. The molecule has 2 spiro atoms. The molecular weight excluding hydrogens is 617 g/mol. The number of nitrogens with one attached hydrogen (secondary N) is 3. The van der Waals surface area contributed by atoms with Crippen LogP contribution in [-0.2, 0) is 30.5 Å². The first-order valence-corrected chi connectivity index (χ1v) is 19.3. The monoisotopic (exact) mass is 662 g/mol. The largest absolute Gasteiger partial charge is 0.506 e. The van der Waals surface area contributed by atoms with Crippen molar-refractivity contribution >= 4 is 55.5 Å². The number of Topliss-reactive ketones (excluding diaryl/α,β-unsaturated/α-hetero) is 1. The van der Waals surface area contributed by atoms with Crippen LogP contribution in [0.1, 0.15) is 94.0 Å². The molecule has 4 aromatic rings. The van der Waals surface area contributed by atoms with Crippen LogP contribution >= 0.6 is 0 Å². The van der Waals surface area contributed by atoms with E-state index >= 15 is 0 Å². The molecule has 6 nitrogen and oxygen atoms in total. The van der Waals surface area contributed by atoms with Gasteiger partial charge in [-0.05, 0) is 145 Å². The van der Waals surface area contributed by atoms with Crippen LogP contribution in [0.2, 0.25) is 0 Å². The van der Waals surface area contributed by atoms with E-state index in [1.165, 1.54) is 51.3 Å². The quantitative estimate of drug-likeness (QED) is 0.166. The number of hydrogen-bond donors (Lipinski definition) is 4. The molecule has 2 aliphatic heterocycles. The fraction of sp³-hybridized carbons (Fsp3) is 0.455. The topological polar surface area (TPSA) is 85.8 Å². The molecule has 0 radical (unpaired) electrons. The molecule has 4 aromatic carbocycles. The molecule has 0 saturated heterocycles. The first-order chi connectivity index (χ1) is 24.1. The van der Waals surface area contributed by atoms with E-state index in [4.69, 9.17) is 4.99 Å². The van der Waals surface area contributed by atoms with E-state index in [-0.39, 0.29) is 17.2 Å². The number of allylic oxidation sites excluding steroid dienone is 2. The van der Waals surface area contributed by atoms with Crippen molar-refractivity contribution in [1.82, 2.24) is 0 Å². The number of ketones is 1. The fourth-order valence-electron chi connectivity index (χ4n) is 12.2. The first-order valence-electron chi connectivity index (χ1n) is 19.3. The fourth-order valence-corrected chi connectivity index (χ4v) is 12.2. The molecule has 5 aliphatic carbocycles. The average Bonchev–Trinajstić information content (AvgIpc) is 3.66. The van der Waals surface area contributed by atoms with E-state index in [0.717, 1.165) is 90.0 Å². The van der Waals surface area contributed by atoms with Gasteiger partial charge in [0, 0.05) is 32.9 Å². The molecule has 4 N–H and O–H groups in total. The van der Waals surface area contributed by atoms with E-state index in [1.807, 2.05) is 0 Å². The van der Waals surface area contributed by atoms with Gasteiger partial charge in [-0.1, -0.05) is 39.8 Å². The summed E-state index contributed by atoms with van der Waals surface area (Å²) in [7, 11) is 0. The minimum absolute atomic E-state index is 0.0626. The lowest BCUT2D eigenvalue weighted by atomic mass is 9.74. The molecule has 2 saturated carbocycles. The van der Waals surface area contributed by atoms with E-state index in [1.54, 1.807) is 0 Å². The highest BCUT2D eigenvalue weighted by Crippen LogP contribution is 2.53. The SMILES string of the molecule is CC1CC(C)CC2(C1)N=c1c(=C3C(=O)C(c4cc5c6c(ccc7c6c4NC4(CC(C)CC(C)C4)N7)CC5)=C3O)cc3c4c(ccc(c14)N2)CC3. The molecule has 0 amide bonds. The Hall–Kier alpha value is -4.32. The van der Waals surface area contributed by atoms with Gasteiger partial charge < -0.3 is 21.1 Å². The van der Waals surface area contributed by atoms with Gasteiger partial charge in [-0.25, -0.2) is 0 Å². The lowest BCUT2D eigenvalue weighted by molar-refractivity contribution is -0.109. The van der Waals surface area contributed by atoms with Crippen LogP contribution in [0, 0.1) is 23.7 Å². The summed E-state index contributed by atoms with van der Waals surface area (Å²) in [4.78, 5) is 20.4. The van der Waals surface area contributed by atoms with Gasteiger partial charge in [-0.15, -0.1) is 0 Å². The Morgan fingerprint density at radius 3 is 1.90 bits per heavy atom. The van der Waals surface area contributed by atoms with Crippen molar-refractivity contribution in [1.29, 1.82) is 0 Å². The molecule has 4 atom stereocenters. The molecule has 0 bridgehead atoms. The highest BCUT2D eigenvalue weighted by atomic mass is 16.3. The van der Waals surface area contributed by atoms with Crippen molar-refractivity contribution in [3.8, 4) is 0 Å². The number of aliphatic hydroxyl groups excluding tert-OH is 1. The van der Waals surface area contributed by atoms with Crippen LogP contribution in [0.3, 0.4) is 0 Å². The van der Waals surface area contributed by atoms with E-state index in [0.29, 0.717) is 34.8 Å². The number of carbonyl (C=O) groups is 1. The van der Waals surface area contributed by atoms with Gasteiger partial charge in [0.05, 0.1) is 22.2 Å². The number of aryl methyl sites for hydroxylation is 4. The number of rotatable bonds is 1.